The van der Waals surface area contributed by atoms with Crippen LogP contribution in [-0.4, -0.2) is 30.9 Å². The zero-order valence-electron chi connectivity index (χ0n) is 13.2. The summed E-state index contributed by atoms with van der Waals surface area (Å²) in [4.78, 5) is 2.15. The SMILES string of the molecule is CCOc1ccc(S(=O)(=O)N/N=C(\C)c2ccc(O)cc2O)cc1. The molecule has 2 rings (SSSR count). The summed E-state index contributed by atoms with van der Waals surface area (Å²) in [6.45, 7) is 3.86. The van der Waals surface area contributed by atoms with Gasteiger partial charge in [0, 0.05) is 11.6 Å². The number of hydrogen-bond donors (Lipinski definition) is 3. The number of ether oxygens (including phenoxy) is 1. The van der Waals surface area contributed by atoms with E-state index in [2.05, 4.69) is 9.93 Å². The standard InChI is InChI=1S/C16H18N2O5S/c1-3-23-13-5-7-14(8-6-13)24(21,22)18-17-11(2)15-9-4-12(19)10-16(15)20/h4-10,18-20H,3H2,1-2H3/b17-11+. The van der Waals surface area contributed by atoms with Crippen LogP contribution in [0, 0.1) is 0 Å². The third-order valence-corrected chi connectivity index (χ3v) is 4.37. The topological polar surface area (TPSA) is 108 Å². The molecule has 0 saturated carbocycles. The molecular weight excluding hydrogens is 332 g/mol. The number of phenols is 2. The van der Waals surface area contributed by atoms with Gasteiger partial charge in [-0.05, 0) is 50.2 Å². The summed E-state index contributed by atoms with van der Waals surface area (Å²) in [5.74, 6) is 0.278. The van der Waals surface area contributed by atoms with Crippen LogP contribution in [0.3, 0.4) is 0 Å². The maximum atomic E-state index is 12.2. The van der Waals surface area contributed by atoms with Crippen molar-refractivity contribution >= 4 is 15.7 Å². The third-order valence-electron chi connectivity index (χ3n) is 3.15. The Labute approximate surface area is 140 Å². The number of rotatable bonds is 6. The predicted molar refractivity (Wildman–Crippen MR) is 89.9 cm³/mol. The van der Waals surface area contributed by atoms with Crippen LogP contribution in [0.2, 0.25) is 0 Å². The molecule has 0 aliphatic heterocycles. The van der Waals surface area contributed by atoms with Gasteiger partial charge in [-0.15, -0.1) is 0 Å². The van der Waals surface area contributed by atoms with Gasteiger partial charge in [-0.3, -0.25) is 0 Å². The number of benzene rings is 2. The molecule has 0 fully saturated rings. The van der Waals surface area contributed by atoms with Gasteiger partial charge in [0.2, 0.25) is 0 Å². The molecule has 128 valence electrons. The van der Waals surface area contributed by atoms with Crippen LogP contribution in [0.15, 0.2) is 52.5 Å². The monoisotopic (exact) mass is 350 g/mol. The van der Waals surface area contributed by atoms with E-state index >= 15 is 0 Å². The van der Waals surface area contributed by atoms with E-state index in [0.29, 0.717) is 17.9 Å². The minimum absolute atomic E-state index is 0.0393. The normalized spacial score (nSPS) is 12.0. The predicted octanol–water partition coefficient (Wildman–Crippen LogP) is 2.20. The minimum atomic E-state index is -3.84. The van der Waals surface area contributed by atoms with Crippen LogP contribution in [0.25, 0.3) is 0 Å². The fraction of sp³-hybridized carbons (Fsp3) is 0.188. The molecule has 0 unspecified atom stereocenters. The highest BCUT2D eigenvalue weighted by atomic mass is 32.2. The van der Waals surface area contributed by atoms with Crippen molar-refractivity contribution in [2.24, 2.45) is 5.10 Å². The average Bonchev–Trinajstić information content (AvgIpc) is 2.53. The van der Waals surface area contributed by atoms with Crippen molar-refractivity contribution < 1.29 is 23.4 Å². The number of hydrazone groups is 1. The van der Waals surface area contributed by atoms with Crippen molar-refractivity contribution in [3.63, 3.8) is 0 Å². The highest BCUT2D eigenvalue weighted by Crippen LogP contribution is 2.23. The van der Waals surface area contributed by atoms with Gasteiger partial charge in [0.1, 0.15) is 17.2 Å². The Morgan fingerprint density at radius 1 is 1.17 bits per heavy atom. The Kier molecular flexibility index (Phi) is 5.30. The van der Waals surface area contributed by atoms with Crippen molar-refractivity contribution in [3.8, 4) is 17.2 Å². The molecule has 0 heterocycles. The van der Waals surface area contributed by atoms with E-state index in [4.69, 9.17) is 4.74 Å². The molecule has 0 spiro atoms. The Morgan fingerprint density at radius 3 is 2.42 bits per heavy atom. The van der Waals surface area contributed by atoms with Crippen molar-refractivity contribution in [2.45, 2.75) is 18.7 Å². The molecular formula is C16H18N2O5S. The Bertz CT molecular complexity index is 845. The van der Waals surface area contributed by atoms with Crippen LogP contribution in [0.5, 0.6) is 17.2 Å². The van der Waals surface area contributed by atoms with E-state index in [1.807, 2.05) is 6.92 Å². The quantitative estimate of drug-likeness (QED) is 0.547. The van der Waals surface area contributed by atoms with Gasteiger partial charge in [-0.1, -0.05) is 0 Å². The van der Waals surface area contributed by atoms with E-state index in [0.717, 1.165) is 6.07 Å². The molecule has 7 nitrogen and oxygen atoms in total. The van der Waals surface area contributed by atoms with Gasteiger partial charge in [0.25, 0.3) is 10.0 Å². The van der Waals surface area contributed by atoms with Gasteiger partial charge in [0.05, 0.1) is 17.2 Å². The lowest BCUT2D eigenvalue weighted by Crippen LogP contribution is -2.20. The number of hydrogen-bond acceptors (Lipinski definition) is 6. The zero-order valence-corrected chi connectivity index (χ0v) is 14.0. The van der Waals surface area contributed by atoms with Gasteiger partial charge in [-0.2, -0.15) is 18.4 Å². The van der Waals surface area contributed by atoms with Crippen LogP contribution >= 0.6 is 0 Å². The summed E-state index contributed by atoms with van der Waals surface area (Å²) in [5.41, 5.74) is 0.559. The van der Waals surface area contributed by atoms with Crippen LogP contribution in [-0.2, 0) is 10.0 Å². The van der Waals surface area contributed by atoms with E-state index < -0.39 is 10.0 Å². The molecule has 0 saturated heterocycles. The van der Waals surface area contributed by atoms with E-state index in [1.54, 1.807) is 12.1 Å². The van der Waals surface area contributed by atoms with Crippen molar-refractivity contribution in [1.29, 1.82) is 0 Å². The molecule has 24 heavy (non-hydrogen) atoms. The fourth-order valence-electron chi connectivity index (χ4n) is 1.95. The van der Waals surface area contributed by atoms with Crippen LogP contribution < -0.4 is 9.57 Å². The first kappa shape index (κ1) is 17.6. The smallest absolute Gasteiger partial charge is 0.276 e. The molecule has 0 aliphatic carbocycles. The minimum Gasteiger partial charge on any atom is -0.508 e. The number of nitrogens with zero attached hydrogens (tertiary/aromatic N) is 1. The summed E-state index contributed by atoms with van der Waals surface area (Å²) < 4.78 is 29.7. The molecule has 2 aromatic carbocycles. The summed E-state index contributed by atoms with van der Waals surface area (Å²) in [6.07, 6.45) is 0. The summed E-state index contributed by atoms with van der Waals surface area (Å²) >= 11 is 0. The van der Waals surface area contributed by atoms with Crippen molar-refractivity contribution in [3.05, 3.63) is 48.0 Å². The highest BCUT2D eigenvalue weighted by Gasteiger charge is 2.14. The Morgan fingerprint density at radius 2 is 1.83 bits per heavy atom. The molecule has 2 aromatic rings. The number of nitrogens with one attached hydrogen (secondary N) is 1. The highest BCUT2D eigenvalue weighted by molar-refractivity contribution is 7.89. The molecule has 0 bridgehead atoms. The molecule has 3 N–H and O–H groups in total. The molecule has 0 atom stereocenters. The number of aromatic hydroxyl groups is 2. The van der Waals surface area contributed by atoms with E-state index in [1.165, 1.54) is 31.2 Å². The van der Waals surface area contributed by atoms with Gasteiger partial charge >= 0.3 is 0 Å². The Hall–Kier alpha value is -2.74. The first-order valence-electron chi connectivity index (χ1n) is 7.15. The van der Waals surface area contributed by atoms with Crippen molar-refractivity contribution in [1.82, 2.24) is 4.83 Å². The van der Waals surface area contributed by atoms with Gasteiger partial charge in [0.15, 0.2) is 0 Å². The number of phenolic OH excluding ortho intramolecular Hbond substituents is 2. The zero-order chi connectivity index (χ0) is 17.7. The second-order valence-electron chi connectivity index (χ2n) is 4.90. The summed E-state index contributed by atoms with van der Waals surface area (Å²) in [7, 11) is -3.84. The largest absolute Gasteiger partial charge is 0.508 e. The molecule has 0 aliphatic rings. The van der Waals surface area contributed by atoms with E-state index in [9.17, 15) is 18.6 Å². The maximum Gasteiger partial charge on any atom is 0.276 e. The fourth-order valence-corrected chi connectivity index (χ4v) is 2.81. The van der Waals surface area contributed by atoms with Gasteiger partial charge in [-0.25, -0.2) is 0 Å². The summed E-state index contributed by atoms with van der Waals surface area (Å²) in [5, 5.41) is 22.8. The van der Waals surface area contributed by atoms with Gasteiger partial charge < -0.3 is 14.9 Å². The van der Waals surface area contributed by atoms with Crippen LogP contribution in [0.1, 0.15) is 19.4 Å². The average molecular weight is 350 g/mol. The third kappa shape index (κ3) is 4.17. The lowest BCUT2D eigenvalue weighted by Gasteiger charge is -2.08. The molecule has 0 radical (unpaired) electrons. The first-order valence-corrected chi connectivity index (χ1v) is 8.63. The molecule has 0 amide bonds. The molecule has 0 aromatic heterocycles. The lowest BCUT2D eigenvalue weighted by atomic mass is 10.1. The second kappa shape index (κ2) is 7.22. The van der Waals surface area contributed by atoms with Crippen molar-refractivity contribution in [2.75, 3.05) is 6.61 Å². The number of sulfonamides is 1. The van der Waals surface area contributed by atoms with E-state index in [-0.39, 0.29) is 22.1 Å². The van der Waals surface area contributed by atoms with Crippen LogP contribution in [0.4, 0.5) is 0 Å². The maximum absolute atomic E-state index is 12.2. The summed E-state index contributed by atoms with van der Waals surface area (Å²) in [6, 6.07) is 9.90. The second-order valence-corrected chi connectivity index (χ2v) is 6.56. The first-order chi connectivity index (χ1) is 11.3. The Balaban J connectivity index is 2.19. The lowest BCUT2D eigenvalue weighted by molar-refractivity contribution is 0.340. The molecule has 8 heteroatoms.